The SMILES string of the molecule is CCc1[nH]c2c(CNC(=O)c3ccn(C)c(=O)c3)cc(C)cc2c1C. The van der Waals surface area contributed by atoms with Crippen LogP contribution in [0.3, 0.4) is 0 Å². The third-order valence-corrected chi connectivity index (χ3v) is 4.66. The summed E-state index contributed by atoms with van der Waals surface area (Å²) in [6, 6.07) is 7.26. The Hall–Kier alpha value is -2.82. The molecule has 0 radical (unpaired) electrons. The highest BCUT2D eigenvalue weighted by atomic mass is 16.2. The van der Waals surface area contributed by atoms with Crippen LogP contribution in [-0.2, 0) is 20.0 Å². The van der Waals surface area contributed by atoms with Gasteiger partial charge in [0.05, 0.1) is 5.52 Å². The van der Waals surface area contributed by atoms with E-state index in [4.69, 9.17) is 0 Å². The molecule has 0 saturated carbocycles. The molecular weight excluding hydrogens is 314 g/mol. The van der Waals surface area contributed by atoms with Crippen LogP contribution in [0.4, 0.5) is 0 Å². The van der Waals surface area contributed by atoms with Gasteiger partial charge < -0.3 is 14.9 Å². The van der Waals surface area contributed by atoms with Gasteiger partial charge in [0.25, 0.3) is 11.5 Å². The van der Waals surface area contributed by atoms with Crippen LogP contribution in [-0.4, -0.2) is 15.5 Å². The van der Waals surface area contributed by atoms with Crippen molar-refractivity contribution < 1.29 is 4.79 Å². The number of pyridine rings is 1. The molecule has 1 amide bonds. The summed E-state index contributed by atoms with van der Waals surface area (Å²) in [6.07, 6.45) is 2.54. The van der Waals surface area contributed by atoms with Crippen LogP contribution in [0.25, 0.3) is 10.9 Å². The predicted octanol–water partition coefficient (Wildman–Crippen LogP) is 2.98. The minimum Gasteiger partial charge on any atom is -0.358 e. The number of nitrogens with one attached hydrogen (secondary N) is 2. The van der Waals surface area contributed by atoms with Gasteiger partial charge in [-0.3, -0.25) is 9.59 Å². The fourth-order valence-electron chi connectivity index (χ4n) is 3.17. The number of H-pyrrole nitrogens is 1. The lowest BCUT2D eigenvalue weighted by molar-refractivity contribution is 0.0950. The second-order valence-electron chi connectivity index (χ2n) is 6.48. The van der Waals surface area contributed by atoms with Gasteiger partial charge in [-0.25, -0.2) is 0 Å². The number of hydrogen-bond donors (Lipinski definition) is 2. The van der Waals surface area contributed by atoms with E-state index < -0.39 is 0 Å². The van der Waals surface area contributed by atoms with E-state index in [9.17, 15) is 9.59 Å². The fourth-order valence-corrected chi connectivity index (χ4v) is 3.17. The molecule has 0 unspecified atom stereocenters. The van der Waals surface area contributed by atoms with Crippen LogP contribution in [0.1, 0.15) is 39.7 Å². The second-order valence-corrected chi connectivity index (χ2v) is 6.48. The lowest BCUT2D eigenvalue weighted by Gasteiger charge is -2.08. The highest BCUT2D eigenvalue weighted by molar-refractivity contribution is 5.94. The third-order valence-electron chi connectivity index (χ3n) is 4.66. The van der Waals surface area contributed by atoms with Crippen molar-refractivity contribution in [2.75, 3.05) is 0 Å². The molecule has 2 heterocycles. The van der Waals surface area contributed by atoms with E-state index in [1.54, 1.807) is 19.3 Å². The van der Waals surface area contributed by atoms with Gasteiger partial charge in [0.2, 0.25) is 0 Å². The van der Waals surface area contributed by atoms with Crippen molar-refractivity contribution in [2.24, 2.45) is 7.05 Å². The van der Waals surface area contributed by atoms with Crippen LogP contribution in [0.15, 0.2) is 35.3 Å². The monoisotopic (exact) mass is 337 g/mol. The van der Waals surface area contributed by atoms with E-state index in [1.807, 2.05) is 0 Å². The van der Waals surface area contributed by atoms with Crippen molar-refractivity contribution in [3.05, 3.63) is 68.8 Å². The number of nitrogens with zero attached hydrogens (tertiary/aromatic N) is 1. The van der Waals surface area contributed by atoms with Gasteiger partial charge in [-0.15, -0.1) is 0 Å². The summed E-state index contributed by atoms with van der Waals surface area (Å²) in [5.74, 6) is -0.244. The summed E-state index contributed by atoms with van der Waals surface area (Å²) < 4.78 is 1.44. The Morgan fingerprint density at radius 1 is 1.24 bits per heavy atom. The summed E-state index contributed by atoms with van der Waals surface area (Å²) in [5.41, 5.74) is 5.96. The maximum absolute atomic E-state index is 12.4. The number of benzene rings is 1. The zero-order valence-corrected chi connectivity index (χ0v) is 15.1. The number of rotatable bonds is 4. The lowest BCUT2D eigenvalue weighted by atomic mass is 10.0. The van der Waals surface area contributed by atoms with Gasteiger partial charge in [0, 0.05) is 42.5 Å². The normalized spacial score (nSPS) is 11.0. The average Bonchev–Trinajstić information content (AvgIpc) is 2.91. The molecule has 0 aliphatic heterocycles. The molecule has 5 nitrogen and oxygen atoms in total. The molecule has 2 N–H and O–H groups in total. The Morgan fingerprint density at radius 3 is 2.68 bits per heavy atom. The maximum Gasteiger partial charge on any atom is 0.251 e. The Balaban J connectivity index is 1.89. The molecule has 0 saturated heterocycles. The smallest absolute Gasteiger partial charge is 0.251 e. The number of hydrogen-bond acceptors (Lipinski definition) is 2. The summed E-state index contributed by atoms with van der Waals surface area (Å²) in [5, 5.41) is 4.12. The van der Waals surface area contributed by atoms with E-state index >= 15 is 0 Å². The Bertz CT molecular complexity index is 1010. The molecule has 3 aromatic rings. The minimum atomic E-state index is -0.244. The highest BCUT2D eigenvalue weighted by Gasteiger charge is 2.12. The van der Waals surface area contributed by atoms with Crippen molar-refractivity contribution in [3.63, 3.8) is 0 Å². The van der Waals surface area contributed by atoms with Crippen molar-refractivity contribution in [1.82, 2.24) is 14.9 Å². The quantitative estimate of drug-likeness (QED) is 0.768. The highest BCUT2D eigenvalue weighted by Crippen LogP contribution is 2.26. The first-order chi connectivity index (χ1) is 11.9. The number of aromatic amines is 1. The van der Waals surface area contributed by atoms with E-state index in [2.05, 4.69) is 43.2 Å². The first-order valence-electron chi connectivity index (χ1n) is 8.46. The molecule has 0 spiro atoms. The van der Waals surface area contributed by atoms with Crippen molar-refractivity contribution in [3.8, 4) is 0 Å². The molecular formula is C20H23N3O2. The van der Waals surface area contributed by atoms with E-state index in [-0.39, 0.29) is 11.5 Å². The molecule has 5 heteroatoms. The van der Waals surface area contributed by atoms with Gasteiger partial charge in [-0.2, -0.15) is 0 Å². The Labute approximate surface area is 146 Å². The topological polar surface area (TPSA) is 66.9 Å². The largest absolute Gasteiger partial charge is 0.358 e. The van der Waals surface area contributed by atoms with Gasteiger partial charge in [-0.05, 0) is 43.5 Å². The van der Waals surface area contributed by atoms with Crippen LogP contribution in [0.5, 0.6) is 0 Å². The number of aromatic nitrogens is 2. The summed E-state index contributed by atoms with van der Waals surface area (Å²) >= 11 is 0. The molecule has 130 valence electrons. The molecule has 2 aromatic heterocycles. The standard InChI is InChI=1S/C20H23N3O2/c1-5-17-13(3)16-9-12(2)8-15(19(16)22-17)11-21-20(25)14-6-7-23(4)18(24)10-14/h6-10,22H,5,11H2,1-4H3,(H,21,25). The molecule has 0 atom stereocenters. The predicted molar refractivity (Wildman–Crippen MR) is 100 cm³/mol. The molecule has 3 rings (SSSR count). The molecule has 0 fully saturated rings. The zero-order chi connectivity index (χ0) is 18.1. The average molecular weight is 337 g/mol. The minimum absolute atomic E-state index is 0.196. The number of aryl methyl sites for hydroxylation is 4. The van der Waals surface area contributed by atoms with Crippen molar-refractivity contribution >= 4 is 16.8 Å². The van der Waals surface area contributed by atoms with E-state index in [1.165, 1.54) is 27.3 Å². The zero-order valence-electron chi connectivity index (χ0n) is 15.1. The lowest BCUT2D eigenvalue weighted by Crippen LogP contribution is -2.25. The summed E-state index contributed by atoms with van der Waals surface area (Å²) in [6.45, 7) is 6.72. The van der Waals surface area contributed by atoms with Crippen LogP contribution in [0, 0.1) is 13.8 Å². The number of carbonyl (C=O) groups is 1. The van der Waals surface area contributed by atoms with E-state index in [0.29, 0.717) is 12.1 Å². The van der Waals surface area contributed by atoms with Gasteiger partial charge in [0.1, 0.15) is 0 Å². The number of fused-ring (bicyclic) bond motifs is 1. The first-order valence-corrected chi connectivity index (χ1v) is 8.46. The van der Waals surface area contributed by atoms with Crippen LogP contribution < -0.4 is 10.9 Å². The summed E-state index contributed by atoms with van der Waals surface area (Å²) in [7, 11) is 1.66. The van der Waals surface area contributed by atoms with E-state index in [0.717, 1.165) is 23.1 Å². The Kier molecular flexibility index (Phi) is 4.49. The van der Waals surface area contributed by atoms with Crippen molar-refractivity contribution in [2.45, 2.75) is 33.7 Å². The fraction of sp³-hybridized carbons (Fsp3) is 0.300. The third kappa shape index (κ3) is 3.22. The maximum atomic E-state index is 12.4. The van der Waals surface area contributed by atoms with Crippen molar-refractivity contribution in [1.29, 1.82) is 0 Å². The van der Waals surface area contributed by atoms with Gasteiger partial charge in [0.15, 0.2) is 0 Å². The second kappa shape index (κ2) is 6.59. The van der Waals surface area contributed by atoms with Crippen LogP contribution >= 0.6 is 0 Å². The first kappa shape index (κ1) is 17.0. The van der Waals surface area contributed by atoms with Gasteiger partial charge >= 0.3 is 0 Å². The summed E-state index contributed by atoms with van der Waals surface area (Å²) in [4.78, 5) is 27.5. The van der Waals surface area contributed by atoms with Gasteiger partial charge in [-0.1, -0.05) is 18.6 Å². The number of carbonyl (C=O) groups excluding carboxylic acids is 1. The van der Waals surface area contributed by atoms with Crippen LogP contribution in [0.2, 0.25) is 0 Å². The Morgan fingerprint density at radius 2 is 2.00 bits per heavy atom. The molecule has 1 aromatic carbocycles. The molecule has 0 aliphatic rings. The molecule has 25 heavy (non-hydrogen) atoms. The molecule has 0 aliphatic carbocycles. The number of amides is 1. The molecule has 0 bridgehead atoms.